The molecular weight excluding hydrogens is 266 g/mol. The molecule has 5 N–H and O–H groups in total. The fourth-order valence-electron chi connectivity index (χ4n) is 1.97. The zero-order valence-electron chi connectivity index (χ0n) is 11.7. The van der Waals surface area contributed by atoms with E-state index < -0.39 is 0 Å². The molecule has 0 aliphatic heterocycles. The first-order chi connectivity index (χ1) is 10.3. The Morgan fingerprint density at radius 2 is 2.05 bits per heavy atom. The van der Waals surface area contributed by atoms with Crippen LogP contribution >= 0.6 is 0 Å². The summed E-state index contributed by atoms with van der Waals surface area (Å²) in [6, 6.07) is 13.0. The van der Waals surface area contributed by atoms with Crippen LogP contribution in [0.5, 0.6) is 11.5 Å². The van der Waals surface area contributed by atoms with Crippen LogP contribution in [0.1, 0.15) is 11.1 Å². The number of aliphatic hydroxyl groups is 1. The van der Waals surface area contributed by atoms with Gasteiger partial charge < -0.3 is 26.3 Å². The maximum atomic E-state index is 8.84. The van der Waals surface area contributed by atoms with Crippen molar-refractivity contribution < 1.29 is 9.84 Å². The van der Waals surface area contributed by atoms with Crippen molar-refractivity contribution in [2.45, 2.75) is 6.54 Å². The molecule has 0 saturated carbocycles. The molecule has 2 aromatic carbocycles. The van der Waals surface area contributed by atoms with Crippen molar-refractivity contribution in [3.63, 3.8) is 0 Å². The Morgan fingerprint density at radius 1 is 1.24 bits per heavy atom. The van der Waals surface area contributed by atoms with Crippen LogP contribution in [0.4, 0.5) is 5.69 Å². The van der Waals surface area contributed by atoms with Gasteiger partial charge in [-0.3, -0.25) is 0 Å². The van der Waals surface area contributed by atoms with Crippen LogP contribution in [0.2, 0.25) is 0 Å². The highest BCUT2D eigenvalue weighted by molar-refractivity contribution is 5.86. The minimum absolute atomic E-state index is 0.0412. The van der Waals surface area contributed by atoms with Crippen LogP contribution in [0.3, 0.4) is 0 Å². The summed E-state index contributed by atoms with van der Waals surface area (Å²) in [5.41, 5.74) is 8.11. The molecule has 0 aliphatic carbocycles. The van der Waals surface area contributed by atoms with Crippen molar-refractivity contribution in [1.29, 1.82) is 5.41 Å². The molecule has 5 nitrogen and oxygen atoms in total. The van der Waals surface area contributed by atoms with Crippen LogP contribution in [0, 0.1) is 5.41 Å². The van der Waals surface area contributed by atoms with E-state index in [1.54, 1.807) is 6.07 Å². The van der Waals surface area contributed by atoms with Gasteiger partial charge in [-0.15, -0.1) is 0 Å². The maximum absolute atomic E-state index is 8.84. The van der Waals surface area contributed by atoms with Gasteiger partial charge in [0.15, 0.2) is 0 Å². The minimum Gasteiger partial charge on any atom is -0.457 e. The third-order valence-electron chi connectivity index (χ3n) is 3.03. The molecule has 0 unspecified atom stereocenters. The van der Waals surface area contributed by atoms with E-state index in [1.165, 1.54) is 6.21 Å². The normalized spacial score (nSPS) is 10.2. The van der Waals surface area contributed by atoms with E-state index >= 15 is 0 Å². The van der Waals surface area contributed by atoms with Gasteiger partial charge in [0.05, 0.1) is 6.61 Å². The first-order valence-electron chi connectivity index (χ1n) is 6.73. The second kappa shape index (κ2) is 7.42. The monoisotopic (exact) mass is 285 g/mol. The molecule has 0 amide bonds. The van der Waals surface area contributed by atoms with Gasteiger partial charge in [0, 0.05) is 36.1 Å². The lowest BCUT2D eigenvalue weighted by Gasteiger charge is -2.13. The van der Waals surface area contributed by atoms with Crippen LogP contribution in [0.15, 0.2) is 42.5 Å². The lowest BCUT2D eigenvalue weighted by atomic mass is 10.1. The largest absolute Gasteiger partial charge is 0.457 e. The van der Waals surface area contributed by atoms with Crippen molar-refractivity contribution in [2.75, 3.05) is 18.5 Å². The first-order valence-corrected chi connectivity index (χ1v) is 6.73. The number of hydrogen-bond acceptors (Lipinski definition) is 5. The Hall–Kier alpha value is -2.37. The van der Waals surface area contributed by atoms with E-state index in [0.717, 1.165) is 11.3 Å². The number of ether oxygens (including phenoxy) is 1. The van der Waals surface area contributed by atoms with Crippen LogP contribution in [-0.4, -0.2) is 24.5 Å². The number of nitrogens with one attached hydrogen (secondary N) is 2. The SMILES string of the molecule is N=Cc1cc(Oc2ccccc2CN)ccc1NCCO. The quantitative estimate of drug-likeness (QED) is 0.588. The number of para-hydroxylation sites is 1. The molecule has 110 valence electrons. The van der Waals surface area contributed by atoms with Crippen molar-refractivity contribution >= 4 is 11.9 Å². The van der Waals surface area contributed by atoms with Gasteiger partial charge in [0.2, 0.25) is 0 Å². The standard InChI is InChI=1S/C16H19N3O2/c17-10-12-3-1-2-4-16(12)21-14-5-6-15(19-7-8-20)13(9-14)11-18/h1-6,9,11,18-20H,7-8,10,17H2. The first kappa shape index (κ1) is 15.0. The average Bonchev–Trinajstić information content (AvgIpc) is 2.54. The molecule has 0 spiro atoms. The smallest absolute Gasteiger partial charge is 0.131 e. The van der Waals surface area contributed by atoms with Crippen LogP contribution in [0.25, 0.3) is 0 Å². The summed E-state index contributed by atoms with van der Waals surface area (Å²) in [6.45, 7) is 0.889. The Kier molecular flexibility index (Phi) is 5.31. The topological polar surface area (TPSA) is 91.4 Å². The van der Waals surface area contributed by atoms with E-state index in [4.69, 9.17) is 21.0 Å². The fourth-order valence-corrected chi connectivity index (χ4v) is 1.97. The molecule has 21 heavy (non-hydrogen) atoms. The molecule has 0 saturated heterocycles. The zero-order valence-corrected chi connectivity index (χ0v) is 11.7. The molecular formula is C16H19N3O2. The fraction of sp³-hybridized carbons (Fsp3) is 0.188. The predicted octanol–water partition coefficient (Wildman–Crippen LogP) is 2.34. The minimum atomic E-state index is 0.0412. The molecule has 0 heterocycles. The van der Waals surface area contributed by atoms with Gasteiger partial charge in [-0.2, -0.15) is 0 Å². The Labute approximate surface area is 123 Å². The van der Waals surface area contributed by atoms with Gasteiger partial charge in [0.1, 0.15) is 11.5 Å². The lowest BCUT2D eigenvalue weighted by Crippen LogP contribution is -2.07. The number of rotatable bonds is 7. The summed E-state index contributed by atoms with van der Waals surface area (Å²) in [7, 11) is 0. The molecule has 0 fully saturated rings. The summed E-state index contributed by atoms with van der Waals surface area (Å²) >= 11 is 0. The third-order valence-corrected chi connectivity index (χ3v) is 3.03. The maximum Gasteiger partial charge on any atom is 0.131 e. The number of aliphatic hydroxyl groups excluding tert-OH is 1. The lowest BCUT2D eigenvalue weighted by molar-refractivity contribution is 0.311. The molecule has 0 aromatic heterocycles. The van der Waals surface area contributed by atoms with E-state index in [0.29, 0.717) is 30.2 Å². The summed E-state index contributed by atoms with van der Waals surface area (Å²) in [5.74, 6) is 1.36. The van der Waals surface area contributed by atoms with Crippen molar-refractivity contribution in [2.24, 2.45) is 5.73 Å². The van der Waals surface area contributed by atoms with Gasteiger partial charge in [-0.1, -0.05) is 18.2 Å². The highest BCUT2D eigenvalue weighted by atomic mass is 16.5. The molecule has 0 aliphatic rings. The summed E-state index contributed by atoms with van der Waals surface area (Å²) in [5, 5.41) is 19.4. The van der Waals surface area contributed by atoms with Crippen molar-refractivity contribution in [3.8, 4) is 11.5 Å². The van der Waals surface area contributed by atoms with E-state index in [-0.39, 0.29) is 6.61 Å². The van der Waals surface area contributed by atoms with E-state index in [9.17, 15) is 0 Å². The number of benzene rings is 2. The van der Waals surface area contributed by atoms with E-state index in [1.807, 2.05) is 36.4 Å². The Bertz CT molecular complexity index is 614. The van der Waals surface area contributed by atoms with Crippen LogP contribution in [-0.2, 0) is 6.54 Å². The summed E-state index contributed by atoms with van der Waals surface area (Å²) in [4.78, 5) is 0. The third kappa shape index (κ3) is 3.81. The molecule has 2 aromatic rings. The summed E-state index contributed by atoms with van der Waals surface area (Å²) < 4.78 is 5.84. The number of nitrogens with two attached hydrogens (primary N) is 1. The second-order valence-electron chi connectivity index (χ2n) is 4.46. The van der Waals surface area contributed by atoms with Crippen molar-refractivity contribution in [3.05, 3.63) is 53.6 Å². The average molecular weight is 285 g/mol. The van der Waals surface area contributed by atoms with Gasteiger partial charge in [-0.25, -0.2) is 0 Å². The van der Waals surface area contributed by atoms with Crippen LogP contribution < -0.4 is 15.8 Å². The predicted molar refractivity (Wildman–Crippen MR) is 84.3 cm³/mol. The molecule has 5 heteroatoms. The summed E-state index contributed by atoms with van der Waals surface area (Å²) in [6.07, 6.45) is 1.25. The zero-order chi connectivity index (χ0) is 15.1. The van der Waals surface area contributed by atoms with Gasteiger partial charge in [-0.05, 0) is 24.3 Å². The highest BCUT2D eigenvalue weighted by Gasteiger charge is 2.06. The molecule has 2 rings (SSSR count). The van der Waals surface area contributed by atoms with E-state index in [2.05, 4.69) is 5.32 Å². The Balaban J connectivity index is 2.22. The second-order valence-corrected chi connectivity index (χ2v) is 4.46. The van der Waals surface area contributed by atoms with Gasteiger partial charge in [0.25, 0.3) is 0 Å². The molecule has 0 radical (unpaired) electrons. The van der Waals surface area contributed by atoms with Gasteiger partial charge >= 0.3 is 0 Å². The molecule has 0 bridgehead atoms. The highest BCUT2D eigenvalue weighted by Crippen LogP contribution is 2.27. The van der Waals surface area contributed by atoms with Crippen molar-refractivity contribution in [1.82, 2.24) is 0 Å². The number of anilines is 1. The number of hydrogen-bond donors (Lipinski definition) is 4. The molecule has 0 atom stereocenters. The Morgan fingerprint density at radius 3 is 2.76 bits per heavy atom.